The van der Waals surface area contributed by atoms with Gasteiger partial charge in [0.1, 0.15) is 0 Å². The predicted molar refractivity (Wildman–Crippen MR) is 60.5 cm³/mol. The molecule has 0 saturated carbocycles. The molecule has 1 unspecified atom stereocenters. The third-order valence-corrected chi connectivity index (χ3v) is 2.55. The van der Waals surface area contributed by atoms with E-state index in [1.165, 1.54) is 0 Å². The molecule has 1 rings (SSSR count). The van der Waals surface area contributed by atoms with Crippen molar-refractivity contribution in [2.45, 2.75) is 32.9 Å². The molecule has 2 N–H and O–H groups in total. The Balaban J connectivity index is 2.31. The van der Waals surface area contributed by atoms with Crippen molar-refractivity contribution in [1.29, 1.82) is 0 Å². The lowest BCUT2D eigenvalue weighted by atomic mass is 10.0. The van der Waals surface area contributed by atoms with Gasteiger partial charge in [0.2, 0.25) is 0 Å². The molecule has 1 heterocycles. The monoisotopic (exact) mass is 211 g/mol. The van der Waals surface area contributed by atoms with E-state index < -0.39 is 0 Å². The Morgan fingerprint density at radius 1 is 1.53 bits per heavy atom. The van der Waals surface area contributed by atoms with E-state index in [-0.39, 0.29) is 0 Å². The highest BCUT2D eigenvalue weighted by molar-refractivity contribution is 4.97. The van der Waals surface area contributed by atoms with Crippen LogP contribution in [0, 0.1) is 5.92 Å². The minimum atomic E-state index is 0.494. The van der Waals surface area contributed by atoms with Crippen molar-refractivity contribution in [3.8, 4) is 0 Å². The molecule has 0 radical (unpaired) electrons. The van der Waals surface area contributed by atoms with Crippen molar-refractivity contribution in [3.63, 3.8) is 0 Å². The number of aromatic amines is 1. The summed E-state index contributed by atoms with van der Waals surface area (Å²) in [7, 11) is 1.74. The summed E-state index contributed by atoms with van der Waals surface area (Å²) in [4.78, 5) is 0. The molecule has 0 aliphatic rings. The van der Waals surface area contributed by atoms with Crippen molar-refractivity contribution in [1.82, 2.24) is 15.5 Å². The molecule has 0 saturated heterocycles. The molecule has 0 aliphatic heterocycles. The summed E-state index contributed by atoms with van der Waals surface area (Å²) in [5.74, 6) is 0.614. The van der Waals surface area contributed by atoms with Gasteiger partial charge in [-0.05, 0) is 18.4 Å². The fraction of sp³-hybridized carbons (Fsp3) is 0.727. The Kier molecular flexibility index (Phi) is 5.36. The first-order valence-corrected chi connectivity index (χ1v) is 5.44. The molecule has 0 aromatic carbocycles. The van der Waals surface area contributed by atoms with Gasteiger partial charge in [-0.2, -0.15) is 5.10 Å². The number of H-pyrrole nitrogens is 1. The quantitative estimate of drug-likeness (QED) is 0.719. The first kappa shape index (κ1) is 12.2. The SMILES string of the molecule is COCCC(NCc1ccn[nH]1)C(C)C. The smallest absolute Gasteiger partial charge is 0.0490 e. The number of hydrogen-bond acceptors (Lipinski definition) is 3. The van der Waals surface area contributed by atoms with Crippen LogP contribution in [0.3, 0.4) is 0 Å². The molecule has 86 valence electrons. The molecule has 0 bridgehead atoms. The predicted octanol–water partition coefficient (Wildman–Crippen LogP) is 1.56. The minimum absolute atomic E-state index is 0.494. The van der Waals surface area contributed by atoms with Crippen LogP contribution in [-0.4, -0.2) is 30.0 Å². The van der Waals surface area contributed by atoms with Gasteiger partial charge < -0.3 is 10.1 Å². The van der Waals surface area contributed by atoms with Crippen LogP contribution < -0.4 is 5.32 Å². The number of ether oxygens (including phenoxy) is 1. The fourth-order valence-electron chi connectivity index (χ4n) is 1.54. The van der Waals surface area contributed by atoms with Gasteiger partial charge in [0.15, 0.2) is 0 Å². The van der Waals surface area contributed by atoms with Crippen molar-refractivity contribution in [2.24, 2.45) is 5.92 Å². The molecule has 0 amide bonds. The molecule has 0 fully saturated rings. The maximum atomic E-state index is 5.10. The van der Waals surface area contributed by atoms with Crippen LogP contribution in [0.2, 0.25) is 0 Å². The second-order valence-corrected chi connectivity index (χ2v) is 4.09. The maximum absolute atomic E-state index is 5.10. The van der Waals surface area contributed by atoms with E-state index >= 15 is 0 Å². The van der Waals surface area contributed by atoms with Gasteiger partial charge in [0, 0.05) is 38.2 Å². The van der Waals surface area contributed by atoms with Gasteiger partial charge >= 0.3 is 0 Å². The normalized spacial score (nSPS) is 13.3. The van der Waals surface area contributed by atoms with Gasteiger partial charge in [-0.3, -0.25) is 5.10 Å². The van der Waals surface area contributed by atoms with Crippen LogP contribution in [0.4, 0.5) is 0 Å². The first-order chi connectivity index (χ1) is 7.24. The van der Waals surface area contributed by atoms with Crippen LogP contribution in [-0.2, 0) is 11.3 Å². The second-order valence-electron chi connectivity index (χ2n) is 4.09. The Morgan fingerprint density at radius 2 is 2.33 bits per heavy atom. The van der Waals surface area contributed by atoms with Crippen LogP contribution in [0.1, 0.15) is 26.0 Å². The lowest BCUT2D eigenvalue weighted by molar-refractivity contribution is 0.173. The van der Waals surface area contributed by atoms with E-state index in [0.717, 1.165) is 25.3 Å². The number of hydrogen-bond donors (Lipinski definition) is 2. The Labute approximate surface area is 91.4 Å². The summed E-state index contributed by atoms with van der Waals surface area (Å²) in [6.45, 7) is 6.09. The Hall–Kier alpha value is -0.870. The number of nitrogens with one attached hydrogen (secondary N) is 2. The molecule has 4 heteroatoms. The Bertz CT molecular complexity index is 246. The summed E-state index contributed by atoms with van der Waals surface area (Å²) in [6, 6.07) is 2.48. The highest BCUT2D eigenvalue weighted by Crippen LogP contribution is 2.07. The molecule has 1 aromatic rings. The topological polar surface area (TPSA) is 49.9 Å². The number of methoxy groups -OCH3 is 1. The summed E-state index contributed by atoms with van der Waals surface area (Å²) in [5.41, 5.74) is 1.12. The zero-order valence-electron chi connectivity index (χ0n) is 9.79. The summed E-state index contributed by atoms with van der Waals surface area (Å²) in [5, 5.41) is 10.4. The average Bonchev–Trinajstić information content (AvgIpc) is 2.70. The lowest BCUT2D eigenvalue weighted by Crippen LogP contribution is -2.34. The zero-order chi connectivity index (χ0) is 11.1. The fourth-order valence-corrected chi connectivity index (χ4v) is 1.54. The third kappa shape index (κ3) is 4.44. The van der Waals surface area contributed by atoms with Crippen LogP contribution in [0.15, 0.2) is 12.3 Å². The van der Waals surface area contributed by atoms with E-state index in [2.05, 4.69) is 29.4 Å². The summed E-state index contributed by atoms with van der Waals surface area (Å²) in [6.07, 6.45) is 2.82. The molecule has 0 spiro atoms. The second kappa shape index (κ2) is 6.58. The van der Waals surface area contributed by atoms with Crippen molar-refractivity contribution in [3.05, 3.63) is 18.0 Å². The molecular formula is C11H21N3O. The lowest BCUT2D eigenvalue weighted by Gasteiger charge is -2.21. The van der Waals surface area contributed by atoms with Crippen molar-refractivity contribution in [2.75, 3.05) is 13.7 Å². The van der Waals surface area contributed by atoms with Gasteiger partial charge in [-0.15, -0.1) is 0 Å². The van der Waals surface area contributed by atoms with E-state index in [1.54, 1.807) is 13.3 Å². The average molecular weight is 211 g/mol. The van der Waals surface area contributed by atoms with E-state index in [1.807, 2.05) is 6.07 Å². The van der Waals surface area contributed by atoms with Gasteiger partial charge in [0.25, 0.3) is 0 Å². The number of nitrogens with zero attached hydrogens (tertiary/aromatic N) is 1. The zero-order valence-corrected chi connectivity index (χ0v) is 9.79. The van der Waals surface area contributed by atoms with E-state index in [4.69, 9.17) is 4.74 Å². The van der Waals surface area contributed by atoms with Crippen molar-refractivity contribution < 1.29 is 4.74 Å². The summed E-state index contributed by atoms with van der Waals surface area (Å²) >= 11 is 0. The Morgan fingerprint density at radius 3 is 2.87 bits per heavy atom. The first-order valence-electron chi connectivity index (χ1n) is 5.44. The van der Waals surface area contributed by atoms with E-state index in [9.17, 15) is 0 Å². The van der Waals surface area contributed by atoms with Gasteiger partial charge in [-0.25, -0.2) is 0 Å². The number of aromatic nitrogens is 2. The van der Waals surface area contributed by atoms with Crippen LogP contribution in [0.5, 0.6) is 0 Å². The van der Waals surface area contributed by atoms with Crippen molar-refractivity contribution >= 4 is 0 Å². The molecule has 1 aromatic heterocycles. The van der Waals surface area contributed by atoms with Crippen LogP contribution in [0.25, 0.3) is 0 Å². The largest absolute Gasteiger partial charge is 0.385 e. The van der Waals surface area contributed by atoms with Gasteiger partial charge in [-0.1, -0.05) is 13.8 Å². The van der Waals surface area contributed by atoms with Crippen LogP contribution >= 0.6 is 0 Å². The van der Waals surface area contributed by atoms with Gasteiger partial charge in [0.05, 0.1) is 0 Å². The number of rotatable bonds is 7. The molecule has 15 heavy (non-hydrogen) atoms. The maximum Gasteiger partial charge on any atom is 0.0490 e. The minimum Gasteiger partial charge on any atom is -0.385 e. The molecular weight excluding hydrogens is 190 g/mol. The summed E-state index contributed by atoms with van der Waals surface area (Å²) < 4.78 is 5.10. The molecule has 4 nitrogen and oxygen atoms in total. The highest BCUT2D eigenvalue weighted by atomic mass is 16.5. The third-order valence-electron chi connectivity index (χ3n) is 2.55. The standard InChI is InChI=1S/C11H21N3O/c1-9(2)11(5-7-15-3)12-8-10-4-6-13-14-10/h4,6,9,11-12H,5,7-8H2,1-3H3,(H,13,14). The van der Waals surface area contributed by atoms with E-state index in [0.29, 0.717) is 12.0 Å². The molecule has 1 atom stereocenters. The molecule has 0 aliphatic carbocycles. The highest BCUT2D eigenvalue weighted by Gasteiger charge is 2.12.